The van der Waals surface area contributed by atoms with Crippen molar-refractivity contribution in [2.45, 2.75) is 20.4 Å². The quantitative estimate of drug-likeness (QED) is 0.565. The fraction of sp³-hybridized carbons (Fsp3) is 0.333. The van der Waals surface area contributed by atoms with Crippen LogP contribution in [-0.4, -0.2) is 31.3 Å². The predicted molar refractivity (Wildman–Crippen MR) is 98.5 cm³/mol. The van der Waals surface area contributed by atoms with Crippen molar-refractivity contribution in [3.8, 4) is 17.4 Å². The minimum Gasteiger partial charge on any atom is -0.494 e. The van der Waals surface area contributed by atoms with E-state index in [-0.39, 0.29) is 5.96 Å². The average molecular weight is 344 g/mol. The molecule has 0 bridgehead atoms. The number of aromatic nitrogens is 1. The number of anilines is 1. The smallest absolute Gasteiger partial charge is 0.213 e. The molecule has 0 aliphatic carbocycles. The molecular formula is C18H24N4O3. The fourth-order valence-electron chi connectivity index (χ4n) is 2.16. The second-order valence-electron chi connectivity index (χ2n) is 5.06. The van der Waals surface area contributed by atoms with Crippen LogP contribution in [0.2, 0.25) is 0 Å². The summed E-state index contributed by atoms with van der Waals surface area (Å²) in [4.78, 5) is 8.41. The SMILES string of the molecule is CCOc1ccc(OCC)c(NC(N)=NCc2ccnc(OC)c2)c1. The number of methoxy groups -OCH3 is 1. The van der Waals surface area contributed by atoms with Crippen LogP contribution in [0, 0.1) is 0 Å². The second-order valence-corrected chi connectivity index (χ2v) is 5.06. The largest absolute Gasteiger partial charge is 0.494 e. The molecule has 0 atom stereocenters. The number of nitrogens with zero attached hydrogens (tertiary/aromatic N) is 2. The molecule has 0 fully saturated rings. The Hall–Kier alpha value is -2.96. The molecular weight excluding hydrogens is 320 g/mol. The minimum atomic E-state index is 0.283. The molecule has 2 aromatic rings. The topological polar surface area (TPSA) is 91.0 Å². The molecule has 0 amide bonds. The van der Waals surface area contributed by atoms with Crippen molar-refractivity contribution in [3.63, 3.8) is 0 Å². The van der Waals surface area contributed by atoms with Crippen LogP contribution in [0.1, 0.15) is 19.4 Å². The molecule has 1 aromatic carbocycles. The first-order chi connectivity index (χ1) is 12.2. The standard InChI is InChI=1S/C18H24N4O3/c1-4-24-14-6-7-16(25-5-2)15(11-14)22-18(19)21-12-13-8-9-20-17(10-13)23-3/h6-11H,4-5,12H2,1-3H3,(H3,19,21,22). The van der Waals surface area contributed by atoms with Crippen LogP contribution in [0.15, 0.2) is 41.5 Å². The van der Waals surface area contributed by atoms with E-state index in [1.807, 2.05) is 44.2 Å². The van der Waals surface area contributed by atoms with E-state index in [2.05, 4.69) is 15.3 Å². The monoisotopic (exact) mass is 344 g/mol. The van der Waals surface area contributed by atoms with Gasteiger partial charge < -0.3 is 25.3 Å². The van der Waals surface area contributed by atoms with E-state index >= 15 is 0 Å². The number of aliphatic imine (C=N–C) groups is 1. The number of guanidine groups is 1. The van der Waals surface area contributed by atoms with Gasteiger partial charge in [-0.15, -0.1) is 0 Å². The summed E-state index contributed by atoms with van der Waals surface area (Å²) in [5.74, 6) is 2.25. The predicted octanol–water partition coefficient (Wildman–Crippen LogP) is 2.81. The molecule has 0 saturated heterocycles. The first-order valence-electron chi connectivity index (χ1n) is 8.11. The molecule has 1 heterocycles. The number of nitrogens with two attached hydrogens (primary N) is 1. The highest BCUT2D eigenvalue weighted by atomic mass is 16.5. The van der Waals surface area contributed by atoms with E-state index in [1.54, 1.807) is 13.3 Å². The highest BCUT2D eigenvalue weighted by Gasteiger charge is 2.07. The molecule has 7 nitrogen and oxygen atoms in total. The van der Waals surface area contributed by atoms with Gasteiger partial charge in [0, 0.05) is 18.3 Å². The number of ether oxygens (including phenoxy) is 3. The van der Waals surface area contributed by atoms with Gasteiger partial charge in [0.1, 0.15) is 11.5 Å². The van der Waals surface area contributed by atoms with Crippen LogP contribution in [0.3, 0.4) is 0 Å². The second kappa shape index (κ2) is 9.36. The molecule has 0 aliphatic heterocycles. The zero-order chi connectivity index (χ0) is 18.1. The molecule has 7 heteroatoms. The summed E-state index contributed by atoms with van der Waals surface area (Å²) in [5.41, 5.74) is 7.67. The summed E-state index contributed by atoms with van der Waals surface area (Å²) >= 11 is 0. The lowest BCUT2D eigenvalue weighted by Crippen LogP contribution is -2.23. The van der Waals surface area contributed by atoms with Gasteiger partial charge in [0.25, 0.3) is 0 Å². The minimum absolute atomic E-state index is 0.283. The van der Waals surface area contributed by atoms with Gasteiger partial charge in [-0.2, -0.15) is 0 Å². The molecule has 0 spiro atoms. The lowest BCUT2D eigenvalue weighted by atomic mass is 10.2. The van der Waals surface area contributed by atoms with Crippen molar-refractivity contribution in [3.05, 3.63) is 42.1 Å². The van der Waals surface area contributed by atoms with Crippen molar-refractivity contribution in [1.29, 1.82) is 0 Å². The number of hydrogen-bond donors (Lipinski definition) is 2. The zero-order valence-corrected chi connectivity index (χ0v) is 14.8. The maximum Gasteiger partial charge on any atom is 0.213 e. The summed E-state index contributed by atoms with van der Waals surface area (Å²) in [6, 6.07) is 9.22. The molecule has 0 radical (unpaired) electrons. The molecule has 3 N–H and O–H groups in total. The van der Waals surface area contributed by atoms with Gasteiger partial charge in [-0.3, -0.25) is 0 Å². The summed E-state index contributed by atoms with van der Waals surface area (Å²) in [6.45, 7) is 5.40. The van der Waals surface area contributed by atoms with Crippen LogP contribution in [0.4, 0.5) is 5.69 Å². The summed E-state index contributed by atoms with van der Waals surface area (Å²) < 4.78 is 16.2. The van der Waals surface area contributed by atoms with Crippen LogP contribution in [0.25, 0.3) is 0 Å². The Bertz CT molecular complexity index is 719. The number of hydrogen-bond acceptors (Lipinski definition) is 5. The molecule has 0 saturated carbocycles. The van der Waals surface area contributed by atoms with Crippen molar-refractivity contribution >= 4 is 11.6 Å². The highest BCUT2D eigenvalue weighted by molar-refractivity contribution is 5.94. The lowest BCUT2D eigenvalue weighted by Gasteiger charge is -2.14. The number of nitrogens with one attached hydrogen (secondary N) is 1. The molecule has 25 heavy (non-hydrogen) atoms. The Morgan fingerprint density at radius 2 is 1.96 bits per heavy atom. The van der Waals surface area contributed by atoms with Crippen LogP contribution < -0.4 is 25.3 Å². The van der Waals surface area contributed by atoms with Gasteiger partial charge in [0.05, 0.1) is 32.6 Å². The Morgan fingerprint density at radius 1 is 1.16 bits per heavy atom. The van der Waals surface area contributed by atoms with Gasteiger partial charge in [-0.05, 0) is 37.6 Å². The van der Waals surface area contributed by atoms with Crippen LogP contribution >= 0.6 is 0 Å². The molecule has 0 unspecified atom stereocenters. The number of pyridine rings is 1. The zero-order valence-electron chi connectivity index (χ0n) is 14.8. The summed E-state index contributed by atoms with van der Waals surface area (Å²) in [6.07, 6.45) is 1.67. The van der Waals surface area contributed by atoms with Crippen LogP contribution in [0.5, 0.6) is 17.4 Å². The normalized spacial score (nSPS) is 11.1. The first kappa shape index (κ1) is 18.4. The molecule has 0 aliphatic rings. The summed E-state index contributed by atoms with van der Waals surface area (Å²) in [5, 5.41) is 3.07. The number of benzene rings is 1. The Kier molecular flexibility index (Phi) is 6.88. The maximum absolute atomic E-state index is 6.01. The van der Waals surface area contributed by atoms with E-state index in [9.17, 15) is 0 Å². The molecule has 1 aromatic heterocycles. The van der Waals surface area contributed by atoms with Crippen molar-refractivity contribution in [2.75, 3.05) is 25.6 Å². The fourth-order valence-corrected chi connectivity index (χ4v) is 2.16. The van der Waals surface area contributed by atoms with Crippen molar-refractivity contribution in [1.82, 2.24) is 4.98 Å². The van der Waals surface area contributed by atoms with Crippen molar-refractivity contribution in [2.24, 2.45) is 10.7 Å². The van der Waals surface area contributed by atoms with Crippen LogP contribution in [-0.2, 0) is 6.54 Å². The Morgan fingerprint density at radius 3 is 2.68 bits per heavy atom. The highest BCUT2D eigenvalue weighted by Crippen LogP contribution is 2.29. The van der Waals surface area contributed by atoms with E-state index < -0.39 is 0 Å². The van der Waals surface area contributed by atoms with E-state index in [4.69, 9.17) is 19.9 Å². The third-order valence-corrected chi connectivity index (χ3v) is 3.26. The van der Waals surface area contributed by atoms with E-state index in [0.29, 0.717) is 37.1 Å². The Balaban J connectivity index is 2.11. The molecule has 134 valence electrons. The third kappa shape index (κ3) is 5.56. The number of rotatable bonds is 8. The van der Waals surface area contributed by atoms with Gasteiger partial charge in [-0.25, -0.2) is 9.98 Å². The first-order valence-corrected chi connectivity index (χ1v) is 8.11. The van der Waals surface area contributed by atoms with Gasteiger partial charge in [0.15, 0.2) is 5.96 Å². The van der Waals surface area contributed by atoms with Crippen molar-refractivity contribution < 1.29 is 14.2 Å². The van der Waals surface area contributed by atoms with Gasteiger partial charge >= 0.3 is 0 Å². The Labute approximate surface area is 147 Å². The van der Waals surface area contributed by atoms with E-state index in [1.165, 1.54) is 0 Å². The van der Waals surface area contributed by atoms with Gasteiger partial charge in [-0.1, -0.05) is 0 Å². The lowest BCUT2D eigenvalue weighted by molar-refractivity contribution is 0.332. The summed E-state index contributed by atoms with van der Waals surface area (Å²) in [7, 11) is 1.58. The van der Waals surface area contributed by atoms with E-state index in [0.717, 1.165) is 11.3 Å². The third-order valence-electron chi connectivity index (χ3n) is 3.26. The molecule has 2 rings (SSSR count). The maximum atomic E-state index is 6.01. The average Bonchev–Trinajstić information content (AvgIpc) is 2.63. The van der Waals surface area contributed by atoms with Gasteiger partial charge in [0.2, 0.25) is 5.88 Å².